The second-order valence-electron chi connectivity index (χ2n) is 2.59. The lowest BCUT2D eigenvalue weighted by atomic mass is 10.1. The first kappa shape index (κ1) is 8.74. The SMILES string of the molecule is CC(O)C(=O)c1ccc(O)cc1. The van der Waals surface area contributed by atoms with Gasteiger partial charge in [-0.15, -0.1) is 0 Å². The molecule has 0 spiro atoms. The van der Waals surface area contributed by atoms with Crippen molar-refractivity contribution in [3.63, 3.8) is 0 Å². The molecule has 0 aliphatic heterocycles. The van der Waals surface area contributed by atoms with E-state index in [4.69, 9.17) is 10.2 Å². The van der Waals surface area contributed by atoms with Gasteiger partial charge in [0.1, 0.15) is 11.9 Å². The molecule has 1 rings (SSSR count). The largest absolute Gasteiger partial charge is 0.508 e. The zero-order chi connectivity index (χ0) is 9.14. The zero-order valence-corrected chi connectivity index (χ0v) is 6.69. The number of phenols is 1. The predicted molar refractivity (Wildman–Crippen MR) is 44.1 cm³/mol. The highest BCUT2D eigenvalue weighted by molar-refractivity contribution is 5.99. The van der Waals surface area contributed by atoms with Crippen LogP contribution in [0.1, 0.15) is 17.3 Å². The minimum Gasteiger partial charge on any atom is -0.508 e. The molecule has 0 radical (unpaired) electrons. The van der Waals surface area contributed by atoms with E-state index in [9.17, 15) is 4.79 Å². The number of ketones is 1. The van der Waals surface area contributed by atoms with Crippen molar-refractivity contribution in [1.82, 2.24) is 0 Å². The molecule has 64 valence electrons. The zero-order valence-electron chi connectivity index (χ0n) is 6.69. The Morgan fingerprint density at radius 1 is 1.33 bits per heavy atom. The molecule has 2 N–H and O–H groups in total. The molecule has 0 heterocycles. The number of aliphatic hydroxyl groups is 1. The van der Waals surface area contributed by atoms with E-state index < -0.39 is 6.10 Å². The molecule has 0 aromatic heterocycles. The minimum absolute atomic E-state index is 0.108. The Morgan fingerprint density at radius 3 is 2.25 bits per heavy atom. The molecule has 0 bridgehead atoms. The van der Waals surface area contributed by atoms with Gasteiger partial charge in [-0.05, 0) is 31.2 Å². The number of rotatable bonds is 2. The summed E-state index contributed by atoms with van der Waals surface area (Å²) in [7, 11) is 0. The van der Waals surface area contributed by atoms with Crippen molar-refractivity contribution in [3.05, 3.63) is 29.8 Å². The van der Waals surface area contributed by atoms with Crippen molar-refractivity contribution in [3.8, 4) is 5.75 Å². The van der Waals surface area contributed by atoms with Crippen LogP contribution in [0.25, 0.3) is 0 Å². The van der Waals surface area contributed by atoms with Crippen LogP contribution < -0.4 is 0 Å². The van der Waals surface area contributed by atoms with E-state index in [0.29, 0.717) is 5.56 Å². The average molecular weight is 166 g/mol. The molecule has 0 fully saturated rings. The number of carbonyl (C=O) groups is 1. The van der Waals surface area contributed by atoms with E-state index in [1.54, 1.807) is 0 Å². The molecule has 1 aromatic rings. The standard InChI is InChI=1S/C9H10O3/c1-6(10)9(12)7-2-4-8(11)5-3-7/h2-6,10-11H,1H3. The highest BCUT2D eigenvalue weighted by atomic mass is 16.3. The normalized spacial score (nSPS) is 12.5. The maximum absolute atomic E-state index is 11.1. The highest BCUT2D eigenvalue weighted by Crippen LogP contribution is 2.11. The smallest absolute Gasteiger partial charge is 0.190 e. The maximum atomic E-state index is 11.1. The van der Waals surface area contributed by atoms with Gasteiger partial charge < -0.3 is 10.2 Å². The number of aromatic hydroxyl groups is 1. The van der Waals surface area contributed by atoms with Crippen molar-refractivity contribution in [2.45, 2.75) is 13.0 Å². The van der Waals surface area contributed by atoms with Crippen molar-refractivity contribution in [2.24, 2.45) is 0 Å². The summed E-state index contributed by atoms with van der Waals surface area (Å²) in [4.78, 5) is 11.1. The predicted octanol–water partition coefficient (Wildman–Crippen LogP) is 0.956. The van der Waals surface area contributed by atoms with Crippen molar-refractivity contribution >= 4 is 5.78 Å². The van der Waals surface area contributed by atoms with E-state index in [0.717, 1.165) is 0 Å². The Balaban J connectivity index is 2.90. The molecule has 1 atom stereocenters. The van der Waals surface area contributed by atoms with Gasteiger partial charge in [-0.3, -0.25) is 4.79 Å². The summed E-state index contributed by atoms with van der Waals surface area (Å²) in [5.74, 6) is -0.229. The number of hydrogen-bond donors (Lipinski definition) is 2. The lowest BCUT2D eigenvalue weighted by Gasteiger charge is -2.02. The molecule has 3 heteroatoms. The highest BCUT2D eigenvalue weighted by Gasteiger charge is 2.10. The number of benzene rings is 1. The third-order valence-electron chi connectivity index (χ3n) is 1.53. The molecule has 0 aliphatic carbocycles. The van der Waals surface area contributed by atoms with Crippen LogP contribution in [0, 0.1) is 0 Å². The van der Waals surface area contributed by atoms with E-state index >= 15 is 0 Å². The van der Waals surface area contributed by atoms with Gasteiger partial charge in [0.2, 0.25) is 0 Å². The molecular formula is C9H10O3. The second-order valence-corrected chi connectivity index (χ2v) is 2.59. The van der Waals surface area contributed by atoms with Crippen LogP contribution in [-0.2, 0) is 0 Å². The molecule has 0 saturated carbocycles. The molecular weight excluding hydrogens is 156 g/mol. The maximum Gasteiger partial charge on any atom is 0.190 e. The Hall–Kier alpha value is -1.35. The van der Waals surface area contributed by atoms with E-state index in [-0.39, 0.29) is 11.5 Å². The monoisotopic (exact) mass is 166 g/mol. The third-order valence-corrected chi connectivity index (χ3v) is 1.53. The fourth-order valence-electron chi connectivity index (χ4n) is 0.867. The first-order valence-corrected chi connectivity index (χ1v) is 3.62. The Morgan fingerprint density at radius 2 is 1.83 bits per heavy atom. The van der Waals surface area contributed by atoms with Crippen LogP contribution in [0.15, 0.2) is 24.3 Å². The number of Topliss-reactive ketones (excluding diaryl/α,β-unsaturated/α-hetero) is 1. The summed E-state index contributed by atoms with van der Waals surface area (Å²) in [6, 6.07) is 5.78. The van der Waals surface area contributed by atoms with E-state index in [1.165, 1.54) is 31.2 Å². The van der Waals surface area contributed by atoms with Gasteiger partial charge >= 0.3 is 0 Å². The quantitative estimate of drug-likeness (QED) is 0.643. The number of hydrogen-bond acceptors (Lipinski definition) is 3. The molecule has 0 saturated heterocycles. The van der Waals surface area contributed by atoms with Gasteiger partial charge in [-0.25, -0.2) is 0 Å². The van der Waals surface area contributed by atoms with Crippen molar-refractivity contribution < 1.29 is 15.0 Å². The number of carbonyl (C=O) groups excluding carboxylic acids is 1. The van der Waals surface area contributed by atoms with Gasteiger partial charge in [-0.2, -0.15) is 0 Å². The summed E-state index contributed by atoms with van der Waals surface area (Å²) < 4.78 is 0. The average Bonchev–Trinajstić information content (AvgIpc) is 2.04. The van der Waals surface area contributed by atoms with Crippen molar-refractivity contribution in [1.29, 1.82) is 0 Å². The first-order valence-electron chi connectivity index (χ1n) is 3.62. The molecule has 3 nitrogen and oxygen atoms in total. The Labute approximate surface area is 70.3 Å². The number of phenolic OH excluding ortho intramolecular Hbond substituents is 1. The van der Waals surface area contributed by atoms with Crippen LogP contribution >= 0.6 is 0 Å². The van der Waals surface area contributed by atoms with Gasteiger partial charge in [0, 0.05) is 5.56 Å². The number of aliphatic hydroxyl groups excluding tert-OH is 1. The second kappa shape index (κ2) is 3.36. The van der Waals surface area contributed by atoms with Crippen LogP contribution in [0.3, 0.4) is 0 Å². The summed E-state index contributed by atoms with van der Waals surface area (Å²) in [5, 5.41) is 17.8. The van der Waals surface area contributed by atoms with Crippen molar-refractivity contribution in [2.75, 3.05) is 0 Å². The molecule has 1 unspecified atom stereocenters. The fourth-order valence-corrected chi connectivity index (χ4v) is 0.867. The molecule has 1 aromatic carbocycles. The van der Waals surface area contributed by atoms with Gasteiger partial charge in [0.05, 0.1) is 0 Å². The Bertz CT molecular complexity index is 274. The lowest BCUT2D eigenvalue weighted by Crippen LogP contribution is -2.15. The van der Waals surface area contributed by atoms with Crippen LogP contribution in [-0.4, -0.2) is 22.1 Å². The summed E-state index contributed by atoms with van der Waals surface area (Å²) in [6.07, 6.45) is -0.991. The third kappa shape index (κ3) is 1.83. The van der Waals surface area contributed by atoms with Gasteiger partial charge in [0.25, 0.3) is 0 Å². The molecule has 12 heavy (non-hydrogen) atoms. The van der Waals surface area contributed by atoms with E-state index in [1.807, 2.05) is 0 Å². The van der Waals surface area contributed by atoms with E-state index in [2.05, 4.69) is 0 Å². The molecule has 0 aliphatic rings. The lowest BCUT2D eigenvalue weighted by molar-refractivity contribution is 0.0779. The van der Waals surface area contributed by atoms with Crippen LogP contribution in [0.5, 0.6) is 5.75 Å². The van der Waals surface area contributed by atoms with Crippen LogP contribution in [0.4, 0.5) is 0 Å². The van der Waals surface area contributed by atoms with Crippen LogP contribution in [0.2, 0.25) is 0 Å². The summed E-state index contributed by atoms with van der Waals surface area (Å²) >= 11 is 0. The summed E-state index contributed by atoms with van der Waals surface area (Å²) in [6.45, 7) is 1.41. The Kier molecular flexibility index (Phi) is 2.45. The minimum atomic E-state index is -0.991. The first-order chi connectivity index (χ1) is 5.61. The van der Waals surface area contributed by atoms with Gasteiger partial charge in [0.15, 0.2) is 5.78 Å². The molecule has 0 amide bonds. The summed E-state index contributed by atoms with van der Waals surface area (Å²) in [5.41, 5.74) is 0.405. The fraction of sp³-hybridized carbons (Fsp3) is 0.222. The van der Waals surface area contributed by atoms with Gasteiger partial charge in [-0.1, -0.05) is 0 Å². The topological polar surface area (TPSA) is 57.5 Å².